The van der Waals surface area contributed by atoms with Gasteiger partial charge in [-0.1, -0.05) is 18.2 Å². The van der Waals surface area contributed by atoms with Gasteiger partial charge in [-0.3, -0.25) is 9.59 Å². The molecule has 1 heterocycles. The van der Waals surface area contributed by atoms with E-state index in [9.17, 15) is 9.59 Å². The normalized spacial score (nSPS) is 19.5. The Morgan fingerprint density at radius 2 is 2.16 bits per heavy atom. The Hall–Kier alpha value is -1.84. The van der Waals surface area contributed by atoms with Crippen molar-refractivity contribution in [3.05, 3.63) is 29.3 Å². The maximum atomic E-state index is 11.6. The van der Waals surface area contributed by atoms with Crippen molar-refractivity contribution in [2.75, 3.05) is 5.32 Å². The van der Waals surface area contributed by atoms with Gasteiger partial charge in [0.1, 0.15) is 0 Å². The van der Waals surface area contributed by atoms with Gasteiger partial charge in [0.05, 0.1) is 6.42 Å². The van der Waals surface area contributed by atoms with Crippen LogP contribution in [-0.4, -0.2) is 17.0 Å². The lowest BCUT2D eigenvalue weighted by molar-refractivity contribution is -0.137. The second-order valence-electron chi connectivity index (χ2n) is 5.47. The van der Waals surface area contributed by atoms with Crippen molar-refractivity contribution in [2.24, 2.45) is 5.92 Å². The number of hydrogen-bond donors (Lipinski definition) is 2. The number of carbonyl (C=O) groups excluding carboxylic acids is 1. The standard InChI is InChI=1S/C15H17NO3/c17-13-7-6-10-2-1-3-11(15(10)16-13)12(8-14(18)19)9-4-5-9/h1-3,9,12H,4-8H2,(H,16,17)(H,18,19). The van der Waals surface area contributed by atoms with Crippen LogP contribution in [0.2, 0.25) is 0 Å². The van der Waals surface area contributed by atoms with Crippen molar-refractivity contribution in [1.29, 1.82) is 0 Å². The molecule has 2 aliphatic rings. The first-order chi connectivity index (χ1) is 9.15. The Kier molecular flexibility index (Phi) is 3.01. The number of hydrogen-bond acceptors (Lipinski definition) is 2. The predicted octanol–water partition coefficient (Wildman–Crippen LogP) is 2.54. The summed E-state index contributed by atoms with van der Waals surface area (Å²) in [5, 5.41) is 12.0. The van der Waals surface area contributed by atoms with Crippen molar-refractivity contribution in [3.63, 3.8) is 0 Å². The van der Waals surface area contributed by atoms with Crippen LogP contribution in [0, 0.1) is 5.92 Å². The van der Waals surface area contributed by atoms with E-state index in [1.807, 2.05) is 18.2 Å². The highest BCUT2D eigenvalue weighted by Crippen LogP contribution is 2.47. The van der Waals surface area contributed by atoms with Crippen LogP contribution < -0.4 is 5.32 Å². The molecule has 0 bridgehead atoms. The molecule has 2 N–H and O–H groups in total. The molecule has 1 aromatic rings. The van der Waals surface area contributed by atoms with E-state index in [2.05, 4.69) is 5.32 Å². The quantitative estimate of drug-likeness (QED) is 0.873. The summed E-state index contributed by atoms with van der Waals surface area (Å²) in [6, 6.07) is 5.96. The topological polar surface area (TPSA) is 66.4 Å². The molecule has 4 heteroatoms. The first kappa shape index (κ1) is 12.2. The number of nitrogens with one attached hydrogen (secondary N) is 1. The second kappa shape index (κ2) is 4.68. The van der Waals surface area contributed by atoms with Gasteiger partial charge >= 0.3 is 5.97 Å². The van der Waals surface area contributed by atoms with E-state index >= 15 is 0 Å². The number of carboxylic acid groups (broad SMARTS) is 1. The lowest BCUT2D eigenvalue weighted by atomic mass is 9.86. The van der Waals surface area contributed by atoms with Crippen LogP contribution >= 0.6 is 0 Å². The van der Waals surface area contributed by atoms with Gasteiger partial charge in [-0.15, -0.1) is 0 Å². The van der Waals surface area contributed by atoms with Crippen molar-refractivity contribution < 1.29 is 14.7 Å². The van der Waals surface area contributed by atoms with E-state index in [0.717, 1.165) is 36.1 Å². The largest absolute Gasteiger partial charge is 0.481 e. The van der Waals surface area contributed by atoms with Crippen LogP contribution in [0.1, 0.15) is 42.7 Å². The molecule has 0 aromatic heterocycles. The first-order valence-electron chi connectivity index (χ1n) is 6.78. The summed E-state index contributed by atoms with van der Waals surface area (Å²) >= 11 is 0. The number of para-hydroxylation sites is 1. The van der Waals surface area contributed by atoms with Gasteiger partial charge in [0, 0.05) is 12.1 Å². The fourth-order valence-electron chi connectivity index (χ4n) is 2.96. The summed E-state index contributed by atoms with van der Waals surface area (Å²) in [5.41, 5.74) is 3.01. The molecule has 1 unspecified atom stereocenters. The average Bonchev–Trinajstić information content (AvgIpc) is 3.19. The molecule has 100 valence electrons. The maximum Gasteiger partial charge on any atom is 0.303 e. The Morgan fingerprint density at radius 1 is 1.37 bits per heavy atom. The second-order valence-corrected chi connectivity index (χ2v) is 5.47. The Labute approximate surface area is 111 Å². The molecular weight excluding hydrogens is 242 g/mol. The lowest BCUT2D eigenvalue weighted by Gasteiger charge is -2.24. The minimum atomic E-state index is -0.767. The van der Waals surface area contributed by atoms with Gasteiger partial charge in [-0.25, -0.2) is 0 Å². The molecule has 1 amide bonds. The Morgan fingerprint density at radius 3 is 2.84 bits per heavy atom. The number of carboxylic acids is 1. The van der Waals surface area contributed by atoms with Crippen LogP contribution in [0.3, 0.4) is 0 Å². The molecule has 1 atom stereocenters. The fraction of sp³-hybridized carbons (Fsp3) is 0.467. The van der Waals surface area contributed by atoms with Crippen molar-refractivity contribution in [1.82, 2.24) is 0 Å². The van der Waals surface area contributed by atoms with Gasteiger partial charge in [0.15, 0.2) is 0 Å². The monoisotopic (exact) mass is 259 g/mol. The fourth-order valence-corrected chi connectivity index (χ4v) is 2.96. The molecule has 1 aromatic carbocycles. The number of amides is 1. The third-order valence-corrected chi connectivity index (χ3v) is 4.05. The maximum absolute atomic E-state index is 11.6. The van der Waals surface area contributed by atoms with E-state index < -0.39 is 5.97 Å². The van der Waals surface area contributed by atoms with Crippen LogP contribution in [0.15, 0.2) is 18.2 Å². The SMILES string of the molecule is O=C(O)CC(c1cccc2c1NC(=O)CC2)C1CC1. The minimum absolute atomic E-state index is 0.0322. The summed E-state index contributed by atoms with van der Waals surface area (Å²) in [7, 11) is 0. The summed E-state index contributed by atoms with van der Waals surface area (Å²) in [6.45, 7) is 0. The third kappa shape index (κ3) is 2.48. The predicted molar refractivity (Wildman–Crippen MR) is 71.1 cm³/mol. The number of aliphatic carboxylic acids is 1. The Balaban J connectivity index is 1.98. The number of aryl methyl sites for hydroxylation is 1. The van der Waals surface area contributed by atoms with Crippen molar-refractivity contribution >= 4 is 17.6 Å². The van der Waals surface area contributed by atoms with Crippen LogP contribution in [0.25, 0.3) is 0 Å². The summed E-state index contributed by atoms with van der Waals surface area (Å²) in [6.07, 6.45) is 3.60. The summed E-state index contributed by atoms with van der Waals surface area (Å²) in [4.78, 5) is 22.6. The van der Waals surface area contributed by atoms with E-state index in [4.69, 9.17) is 5.11 Å². The summed E-state index contributed by atoms with van der Waals surface area (Å²) in [5.74, 6) is -0.242. The molecule has 0 saturated heterocycles. The average molecular weight is 259 g/mol. The van der Waals surface area contributed by atoms with E-state index in [1.54, 1.807) is 0 Å². The highest BCUT2D eigenvalue weighted by molar-refractivity contribution is 5.95. The van der Waals surface area contributed by atoms with Gasteiger partial charge < -0.3 is 10.4 Å². The van der Waals surface area contributed by atoms with Crippen LogP contribution in [-0.2, 0) is 16.0 Å². The molecule has 19 heavy (non-hydrogen) atoms. The van der Waals surface area contributed by atoms with E-state index in [1.165, 1.54) is 0 Å². The number of benzene rings is 1. The van der Waals surface area contributed by atoms with Crippen LogP contribution in [0.5, 0.6) is 0 Å². The molecule has 3 rings (SSSR count). The number of fused-ring (bicyclic) bond motifs is 1. The zero-order valence-electron chi connectivity index (χ0n) is 10.7. The molecule has 0 spiro atoms. The molecular formula is C15H17NO3. The number of anilines is 1. The molecule has 4 nitrogen and oxygen atoms in total. The first-order valence-corrected chi connectivity index (χ1v) is 6.78. The van der Waals surface area contributed by atoms with Gasteiger partial charge in [0.25, 0.3) is 0 Å². The third-order valence-electron chi connectivity index (χ3n) is 4.05. The molecule has 0 radical (unpaired) electrons. The highest BCUT2D eigenvalue weighted by Gasteiger charge is 2.36. The Bertz CT molecular complexity index is 534. The molecule has 1 saturated carbocycles. The molecule has 1 aliphatic carbocycles. The zero-order chi connectivity index (χ0) is 13.4. The number of rotatable bonds is 4. The number of carbonyl (C=O) groups is 2. The smallest absolute Gasteiger partial charge is 0.303 e. The zero-order valence-corrected chi connectivity index (χ0v) is 10.7. The van der Waals surface area contributed by atoms with Gasteiger partial charge in [-0.2, -0.15) is 0 Å². The van der Waals surface area contributed by atoms with E-state index in [-0.39, 0.29) is 18.2 Å². The van der Waals surface area contributed by atoms with Crippen LogP contribution in [0.4, 0.5) is 5.69 Å². The highest BCUT2D eigenvalue weighted by atomic mass is 16.4. The minimum Gasteiger partial charge on any atom is -0.481 e. The van der Waals surface area contributed by atoms with Crippen molar-refractivity contribution in [3.8, 4) is 0 Å². The van der Waals surface area contributed by atoms with Gasteiger partial charge in [-0.05, 0) is 42.2 Å². The van der Waals surface area contributed by atoms with E-state index in [0.29, 0.717) is 12.3 Å². The molecule has 1 aliphatic heterocycles. The lowest BCUT2D eigenvalue weighted by Crippen LogP contribution is -2.22. The summed E-state index contributed by atoms with van der Waals surface area (Å²) < 4.78 is 0. The molecule has 1 fully saturated rings. The van der Waals surface area contributed by atoms with Gasteiger partial charge in [0.2, 0.25) is 5.91 Å². The van der Waals surface area contributed by atoms with Crippen molar-refractivity contribution in [2.45, 2.75) is 38.0 Å².